The lowest BCUT2D eigenvalue weighted by atomic mass is 9.95. The van der Waals surface area contributed by atoms with Gasteiger partial charge in [0.1, 0.15) is 5.92 Å². The first-order chi connectivity index (χ1) is 9.95. The second kappa shape index (κ2) is 6.64. The van der Waals surface area contributed by atoms with Crippen LogP contribution in [0.2, 0.25) is 0 Å². The van der Waals surface area contributed by atoms with Crippen LogP contribution in [0, 0.1) is 17.8 Å². The van der Waals surface area contributed by atoms with Gasteiger partial charge < -0.3 is 19.6 Å². The van der Waals surface area contributed by atoms with Crippen LogP contribution in [-0.4, -0.2) is 65.8 Å². The lowest BCUT2D eigenvalue weighted by Crippen LogP contribution is -2.51. The van der Waals surface area contributed by atoms with Gasteiger partial charge in [-0.3, -0.25) is 4.79 Å². The van der Waals surface area contributed by atoms with Crippen molar-refractivity contribution in [2.75, 3.05) is 32.8 Å². The van der Waals surface area contributed by atoms with Crippen molar-refractivity contribution in [2.24, 2.45) is 17.8 Å². The third-order valence-corrected chi connectivity index (χ3v) is 4.79. The van der Waals surface area contributed by atoms with Gasteiger partial charge in [-0.25, -0.2) is 4.79 Å². The molecule has 2 aliphatic heterocycles. The summed E-state index contributed by atoms with van der Waals surface area (Å²) in [5, 5.41) is 9.26. The second-order valence-corrected chi connectivity index (χ2v) is 6.36. The highest BCUT2D eigenvalue weighted by molar-refractivity contribution is 5.77. The van der Waals surface area contributed by atoms with Crippen LogP contribution in [0.15, 0.2) is 0 Å². The minimum absolute atomic E-state index is 0.0394. The predicted octanol–water partition coefficient (Wildman–Crippen LogP) is 1.51. The SMILES string of the molecule is CCN(C(=O)N1CCC(C(C)C)C1)C1COCC1C(=O)O. The second-order valence-electron chi connectivity index (χ2n) is 6.36. The number of urea groups is 1. The Kier molecular flexibility index (Phi) is 5.08. The van der Waals surface area contributed by atoms with E-state index in [0.29, 0.717) is 25.0 Å². The number of rotatable bonds is 4. The van der Waals surface area contributed by atoms with Gasteiger partial charge in [0.05, 0.1) is 19.3 Å². The summed E-state index contributed by atoms with van der Waals surface area (Å²) in [7, 11) is 0. The van der Waals surface area contributed by atoms with Gasteiger partial charge in [-0.15, -0.1) is 0 Å². The van der Waals surface area contributed by atoms with E-state index in [1.54, 1.807) is 4.90 Å². The maximum absolute atomic E-state index is 12.7. The number of aliphatic carboxylic acids is 1. The summed E-state index contributed by atoms with van der Waals surface area (Å²) in [6, 6.07) is -0.388. The Hall–Kier alpha value is -1.30. The number of carboxylic acids is 1. The van der Waals surface area contributed by atoms with Crippen molar-refractivity contribution in [3.8, 4) is 0 Å². The minimum Gasteiger partial charge on any atom is -0.481 e. The molecule has 2 amide bonds. The van der Waals surface area contributed by atoms with E-state index in [1.165, 1.54) is 0 Å². The number of likely N-dealkylation sites (N-methyl/N-ethyl adjacent to an activating group) is 1. The Morgan fingerprint density at radius 1 is 1.38 bits per heavy atom. The first-order valence-electron chi connectivity index (χ1n) is 7.81. The maximum atomic E-state index is 12.7. The fourth-order valence-electron chi connectivity index (χ4n) is 3.28. The molecule has 3 unspecified atom stereocenters. The molecule has 1 N–H and O–H groups in total. The number of hydrogen-bond acceptors (Lipinski definition) is 3. The smallest absolute Gasteiger partial charge is 0.320 e. The molecule has 0 aliphatic carbocycles. The van der Waals surface area contributed by atoms with Crippen molar-refractivity contribution in [1.29, 1.82) is 0 Å². The zero-order chi connectivity index (χ0) is 15.6. The van der Waals surface area contributed by atoms with Crippen molar-refractivity contribution in [2.45, 2.75) is 33.2 Å². The van der Waals surface area contributed by atoms with E-state index in [0.717, 1.165) is 19.5 Å². The molecule has 2 fully saturated rings. The number of hydrogen-bond donors (Lipinski definition) is 1. The van der Waals surface area contributed by atoms with Crippen LogP contribution in [-0.2, 0) is 9.53 Å². The van der Waals surface area contributed by atoms with Gasteiger partial charge >= 0.3 is 12.0 Å². The molecule has 2 rings (SSSR count). The van der Waals surface area contributed by atoms with E-state index in [4.69, 9.17) is 4.74 Å². The molecule has 0 spiro atoms. The molecule has 0 radical (unpaired) electrons. The summed E-state index contributed by atoms with van der Waals surface area (Å²) in [5.74, 6) is -0.384. The quantitative estimate of drug-likeness (QED) is 0.854. The van der Waals surface area contributed by atoms with Gasteiger partial charge in [0.25, 0.3) is 0 Å². The van der Waals surface area contributed by atoms with Crippen LogP contribution in [0.1, 0.15) is 27.2 Å². The molecule has 2 aliphatic rings. The lowest BCUT2D eigenvalue weighted by Gasteiger charge is -2.33. The largest absolute Gasteiger partial charge is 0.481 e. The highest BCUT2D eigenvalue weighted by Crippen LogP contribution is 2.27. The van der Waals surface area contributed by atoms with Crippen molar-refractivity contribution in [3.63, 3.8) is 0 Å². The molecule has 2 heterocycles. The number of ether oxygens (including phenoxy) is 1. The summed E-state index contributed by atoms with van der Waals surface area (Å²) in [6.07, 6.45) is 1.03. The van der Waals surface area contributed by atoms with Crippen LogP contribution in [0.25, 0.3) is 0 Å². The van der Waals surface area contributed by atoms with E-state index < -0.39 is 11.9 Å². The third-order valence-electron chi connectivity index (χ3n) is 4.79. The Labute approximate surface area is 126 Å². The summed E-state index contributed by atoms with van der Waals surface area (Å²) in [6.45, 7) is 8.83. The Morgan fingerprint density at radius 3 is 2.62 bits per heavy atom. The first kappa shape index (κ1) is 16.1. The predicted molar refractivity (Wildman–Crippen MR) is 78.0 cm³/mol. The molecule has 0 aromatic carbocycles. The molecule has 0 aromatic heterocycles. The molecule has 120 valence electrons. The van der Waals surface area contributed by atoms with E-state index in [-0.39, 0.29) is 18.7 Å². The molecule has 0 bridgehead atoms. The Morgan fingerprint density at radius 2 is 2.10 bits per heavy atom. The Balaban J connectivity index is 2.04. The standard InChI is InChI=1S/C15H26N2O4/c1-4-17(13-9-21-8-12(13)14(18)19)15(20)16-6-5-11(7-16)10(2)3/h10-13H,4-9H2,1-3H3,(H,18,19). The Bertz CT molecular complexity index is 399. The molecule has 21 heavy (non-hydrogen) atoms. The maximum Gasteiger partial charge on any atom is 0.320 e. The third kappa shape index (κ3) is 3.31. The van der Waals surface area contributed by atoms with E-state index in [2.05, 4.69) is 13.8 Å². The topological polar surface area (TPSA) is 70.1 Å². The van der Waals surface area contributed by atoms with Gasteiger partial charge in [-0.1, -0.05) is 13.8 Å². The number of likely N-dealkylation sites (tertiary alicyclic amines) is 1. The van der Waals surface area contributed by atoms with Gasteiger partial charge in [0, 0.05) is 19.6 Å². The van der Waals surface area contributed by atoms with E-state index in [1.807, 2.05) is 11.8 Å². The van der Waals surface area contributed by atoms with E-state index in [9.17, 15) is 14.7 Å². The summed E-state index contributed by atoms with van der Waals surface area (Å²) in [4.78, 5) is 27.5. The van der Waals surface area contributed by atoms with Gasteiger partial charge in [0.2, 0.25) is 0 Å². The van der Waals surface area contributed by atoms with Crippen LogP contribution >= 0.6 is 0 Å². The molecular weight excluding hydrogens is 272 g/mol. The minimum atomic E-state index is -0.884. The molecule has 0 saturated carbocycles. The van der Waals surface area contributed by atoms with Crippen molar-refractivity contribution in [1.82, 2.24) is 9.80 Å². The monoisotopic (exact) mass is 298 g/mol. The zero-order valence-electron chi connectivity index (χ0n) is 13.1. The first-order valence-corrected chi connectivity index (χ1v) is 7.81. The number of carbonyl (C=O) groups is 2. The van der Waals surface area contributed by atoms with Crippen molar-refractivity contribution < 1.29 is 19.4 Å². The van der Waals surface area contributed by atoms with Crippen LogP contribution in [0.4, 0.5) is 4.79 Å². The molecular formula is C15H26N2O4. The average Bonchev–Trinajstić information content (AvgIpc) is 3.08. The molecule has 6 nitrogen and oxygen atoms in total. The summed E-state index contributed by atoms with van der Waals surface area (Å²) >= 11 is 0. The number of amides is 2. The normalized spacial score (nSPS) is 29.1. The number of nitrogens with zero attached hydrogens (tertiary/aromatic N) is 2. The van der Waals surface area contributed by atoms with Gasteiger partial charge in [-0.05, 0) is 25.2 Å². The highest BCUT2D eigenvalue weighted by Gasteiger charge is 2.41. The fourth-order valence-corrected chi connectivity index (χ4v) is 3.28. The highest BCUT2D eigenvalue weighted by atomic mass is 16.5. The average molecular weight is 298 g/mol. The molecule has 3 atom stereocenters. The zero-order valence-corrected chi connectivity index (χ0v) is 13.1. The lowest BCUT2D eigenvalue weighted by molar-refractivity contribution is -0.142. The van der Waals surface area contributed by atoms with Gasteiger partial charge in [-0.2, -0.15) is 0 Å². The van der Waals surface area contributed by atoms with Gasteiger partial charge in [0.15, 0.2) is 0 Å². The molecule has 2 saturated heterocycles. The van der Waals surface area contributed by atoms with Crippen molar-refractivity contribution >= 4 is 12.0 Å². The molecule has 6 heteroatoms. The van der Waals surface area contributed by atoms with Crippen LogP contribution in [0.3, 0.4) is 0 Å². The fraction of sp³-hybridized carbons (Fsp3) is 0.867. The van der Waals surface area contributed by atoms with Crippen molar-refractivity contribution in [3.05, 3.63) is 0 Å². The van der Waals surface area contributed by atoms with E-state index >= 15 is 0 Å². The summed E-state index contributed by atoms with van der Waals surface area (Å²) < 4.78 is 5.29. The van der Waals surface area contributed by atoms with Crippen LogP contribution in [0.5, 0.6) is 0 Å². The number of carbonyl (C=O) groups excluding carboxylic acids is 1. The van der Waals surface area contributed by atoms with Crippen LogP contribution < -0.4 is 0 Å². The number of carboxylic acid groups (broad SMARTS) is 1. The summed E-state index contributed by atoms with van der Waals surface area (Å²) in [5.41, 5.74) is 0. The molecule has 0 aromatic rings.